The molecule has 0 spiro atoms. The maximum absolute atomic E-state index is 14.0. The molecule has 10 heteroatoms. The van der Waals surface area contributed by atoms with E-state index in [4.69, 9.17) is 15.2 Å². The maximum Gasteiger partial charge on any atom is 0.404 e. The summed E-state index contributed by atoms with van der Waals surface area (Å²) in [5, 5.41) is 0. The lowest BCUT2D eigenvalue weighted by Gasteiger charge is -2.26. The number of hydrogen-bond acceptors (Lipinski definition) is 7. The smallest absolute Gasteiger partial charge is 0.404 e. The third-order valence-electron chi connectivity index (χ3n) is 5.00. The number of carbonyl (C=O) groups excluding carboxylic acids is 2. The number of aromatic nitrogens is 2. The Bertz CT molecular complexity index is 955. The Hall–Kier alpha value is -3.43. The van der Waals surface area contributed by atoms with Crippen LogP contribution in [0.1, 0.15) is 37.6 Å². The molecule has 0 saturated carbocycles. The van der Waals surface area contributed by atoms with Crippen LogP contribution in [-0.4, -0.2) is 58.6 Å². The highest BCUT2D eigenvalue weighted by molar-refractivity contribution is 5.97. The average Bonchev–Trinajstić information content (AvgIpc) is 3.17. The van der Waals surface area contributed by atoms with Gasteiger partial charge in [-0.2, -0.15) is 0 Å². The van der Waals surface area contributed by atoms with Crippen molar-refractivity contribution in [1.82, 2.24) is 14.9 Å². The van der Waals surface area contributed by atoms with Crippen molar-refractivity contribution >= 4 is 17.8 Å². The molecule has 0 aliphatic carbocycles. The van der Waals surface area contributed by atoms with Gasteiger partial charge in [0.1, 0.15) is 24.0 Å². The van der Waals surface area contributed by atoms with E-state index in [2.05, 4.69) is 9.97 Å². The van der Waals surface area contributed by atoms with Gasteiger partial charge in [0.15, 0.2) is 11.6 Å². The third-order valence-corrected chi connectivity index (χ3v) is 5.00. The number of carbonyl (C=O) groups is 2. The van der Waals surface area contributed by atoms with Gasteiger partial charge < -0.3 is 25.0 Å². The van der Waals surface area contributed by atoms with Crippen LogP contribution in [0.25, 0.3) is 0 Å². The van der Waals surface area contributed by atoms with Crippen molar-refractivity contribution in [3.8, 4) is 11.5 Å². The highest BCUT2D eigenvalue weighted by Crippen LogP contribution is 2.34. The predicted octanol–water partition coefficient (Wildman–Crippen LogP) is 2.95. The topological polar surface area (TPSA) is 111 Å². The Kier molecular flexibility index (Phi) is 6.88. The normalized spacial score (nSPS) is 15.8. The van der Waals surface area contributed by atoms with Crippen LogP contribution in [-0.2, 0) is 4.74 Å². The van der Waals surface area contributed by atoms with Gasteiger partial charge in [0.05, 0.1) is 18.3 Å². The van der Waals surface area contributed by atoms with Gasteiger partial charge in [-0.15, -0.1) is 0 Å². The summed E-state index contributed by atoms with van der Waals surface area (Å²) in [4.78, 5) is 35.9. The first kappa shape index (κ1) is 22.3. The zero-order chi connectivity index (χ0) is 22.5. The molecule has 1 aliphatic heterocycles. The fraction of sp³-hybridized carbons (Fsp3) is 0.429. The summed E-state index contributed by atoms with van der Waals surface area (Å²) in [5.41, 5.74) is 5.22. The van der Waals surface area contributed by atoms with E-state index in [1.807, 2.05) is 25.7 Å². The summed E-state index contributed by atoms with van der Waals surface area (Å²) in [7, 11) is 0. The van der Waals surface area contributed by atoms with Crippen LogP contribution in [0.3, 0.4) is 0 Å². The maximum atomic E-state index is 14.0. The second-order valence-corrected chi connectivity index (χ2v) is 7.43. The molecule has 2 N–H and O–H groups in total. The molecule has 2 amide bonds. The molecule has 31 heavy (non-hydrogen) atoms. The summed E-state index contributed by atoms with van der Waals surface area (Å²) in [6.45, 7) is 7.07. The fourth-order valence-electron chi connectivity index (χ4n) is 3.58. The van der Waals surface area contributed by atoms with Crippen LogP contribution in [0.4, 0.5) is 15.0 Å². The Morgan fingerprint density at radius 1 is 1.35 bits per heavy atom. The second-order valence-electron chi connectivity index (χ2n) is 7.43. The van der Waals surface area contributed by atoms with E-state index in [1.54, 1.807) is 4.90 Å². The molecule has 3 rings (SSSR count). The van der Waals surface area contributed by atoms with Crippen LogP contribution in [0.5, 0.6) is 11.5 Å². The Morgan fingerprint density at radius 3 is 2.81 bits per heavy atom. The summed E-state index contributed by atoms with van der Waals surface area (Å²) < 4.78 is 25.0. The Morgan fingerprint density at radius 2 is 2.13 bits per heavy atom. The minimum absolute atomic E-state index is 0.0592. The van der Waals surface area contributed by atoms with Crippen LogP contribution < -0.4 is 15.4 Å². The number of halogens is 1. The van der Waals surface area contributed by atoms with Gasteiger partial charge >= 0.3 is 6.09 Å². The molecule has 1 atom stereocenters. The largest absolute Gasteiger partial charge is 0.451 e. The number of anilines is 1. The highest BCUT2D eigenvalue weighted by Gasteiger charge is 2.29. The minimum atomic E-state index is -0.828. The summed E-state index contributed by atoms with van der Waals surface area (Å²) in [5.74, 6) is 0.109. The Balaban J connectivity index is 1.89. The molecule has 1 fully saturated rings. The van der Waals surface area contributed by atoms with E-state index in [1.165, 1.54) is 30.7 Å². The second kappa shape index (κ2) is 9.59. The van der Waals surface area contributed by atoms with Crippen LogP contribution >= 0.6 is 0 Å². The molecule has 1 aliphatic rings. The van der Waals surface area contributed by atoms with Gasteiger partial charge in [-0.1, -0.05) is 0 Å². The first-order valence-corrected chi connectivity index (χ1v) is 10.1. The number of ether oxygens (including phenoxy) is 2. The molecule has 1 saturated heterocycles. The molecule has 166 valence electrons. The van der Waals surface area contributed by atoms with Crippen molar-refractivity contribution in [2.75, 3.05) is 24.5 Å². The molecule has 1 aromatic carbocycles. The SMILES string of the molecule is CCN(C(=O)c1cc(F)ccc1Oc1cncnc1N1CC[C@H](OC(N)=O)C1)C(C)C. The van der Waals surface area contributed by atoms with Crippen molar-refractivity contribution in [3.63, 3.8) is 0 Å². The molecule has 2 aromatic rings. The molecule has 1 aromatic heterocycles. The van der Waals surface area contributed by atoms with Gasteiger partial charge in [-0.3, -0.25) is 4.79 Å². The summed E-state index contributed by atoms with van der Waals surface area (Å²) in [6.07, 6.45) is 2.26. The van der Waals surface area contributed by atoms with E-state index in [-0.39, 0.29) is 29.4 Å². The van der Waals surface area contributed by atoms with Gasteiger partial charge in [-0.25, -0.2) is 19.2 Å². The van der Waals surface area contributed by atoms with Gasteiger partial charge in [0.25, 0.3) is 5.91 Å². The van der Waals surface area contributed by atoms with Crippen LogP contribution in [0.2, 0.25) is 0 Å². The predicted molar refractivity (Wildman–Crippen MR) is 112 cm³/mol. The van der Waals surface area contributed by atoms with Crippen molar-refractivity contribution in [2.24, 2.45) is 5.73 Å². The number of hydrogen-bond donors (Lipinski definition) is 1. The lowest BCUT2D eigenvalue weighted by Crippen LogP contribution is -2.36. The van der Waals surface area contributed by atoms with Gasteiger partial charge in [0, 0.05) is 25.6 Å². The molecule has 9 nitrogen and oxygen atoms in total. The first-order valence-electron chi connectivity index (χ1n) is 10.1. The molecule has 0 unspecified atom stereocenters. The number of amides is 2. The van der Waals surface area contributed by atoms with Gasteiger partial charge in [-0.05, 0) is 39.0 Å². The quantitative estimate of drug-likeness (QED) is 0.717. The van der Waals surface area contributed by atoms with E-state index >= 15 is 0 Å². The van der Waals surface area contributed by atoms with E-state index in [0.717, 1.165) is 0 Å². The standard InChI is InChI=1S/C21H26FN5O4/c1-4-27(13(2)3)20(28)16-9-14(22)5-6-17(16)31-18-10-24-12-25-19(18)26-8-7-15(11-26)30-21(23)29/h5-6,9-10,12-13,15H,4,7-8,11H2,1-3H3,(H2,23,29)/t15-/m0/s1. The zero-order valence-electron chi connectivity index (χ0n) is 17.7. The van der Waals surface area contributed by atoms with Crippen LogP contribution in [0.15, 0.2) is 30.7 Å². The van der Waals surface area contributed by atoms with Crippen molar-refractivity contribution in [2.45, 2.75) is 39.3 Å². The van der Waals surface area contributed by atoms with Crippen molar-refractivity contribution in [3.05, 3.63) is 42.1 Å². The number of benzene rings is 1. The molecule has 0 radical (unpaired) electrons. The monoisotopic (exact) mass is 431 g/mol. The lowest BCUT2D eigenvalue weighted by molar-refractivity contribution is 0.0713. The molecule has 0 bridgehead atoms. The zero-order valence-corrected chi connectivity index (χ0v) is 17.7. The number of primary amides is 1. The number of nitrogens with zero attached hydrogens (tertiary/aromatic N) is 4. The van der Waals surface area contributed by atoms with E-state index in [9.17, 15) is 14.0 Å². The summed E-state index contributed by atoms with van der Waals surface area (Å²) in [6, 6.07) is 3.75. The number of rotatable bonds is 7. The molecular formula is C21H26FN5O4. The minimum Gasteiger partial charge on any atom is -0.451 e. The molecule has 2 heterocycles. The average molecular weight is 431 g/mol. The van der Waals surface area contributed by atoms with Crippen molar-refractivity contribution in [1.29, 1.82) is 0 Å². The van der Waals surface area contributed by atoms with E-state index in [0.29, 0.717) is 37.6 Å². The van der Waals surface area contributed by atoms with Crippen molar-refractivity contribution < 1.29 is 23.5 Å². The van der Waals surface area contributed by atoms with Gasteiger partial charge in [0.2, 0.25) is 0 Å². The van der Waals surface area contributed by atoms with Crippen LogP contribution in [0, 0.1) is 5.82 Å². The Labute approximate surface area is 180 Å². The summed E-state index contributed by atoms with van der Waals surface area (Å²) >= 11 is 0. The lowest BCUT2D eigenvalue weighted by atomic mass is 10.1. The fourth-order valence-corrected chi connectivity index (χ4v) is 3.58. The third kappa shape index (κ3) is 5.19. The highest BCUT2D eigenvalue weighted by atomic mass is 19.1. The number of nitrogens with two attached hydrogens (primary N) is 1. The first-order chi connectivity index (χ1) is 14.8. The van der Waals surface area contributed by atoms with E-state index < -0.39 is 11.9 Å². The molecular weight excluding hydrogens is 405 g/mol.